The van der Waals surface area contributed by atoms with Gasteiger partial charge in [-0.1, -0.05) is 12.2 Å². The molecule has 0 aromatic heterocycles. The van der Waals surface area contributed by atoms with Crippen molar-refractivity contribution in [2.24, 2.45) is 0 Å². The van der Waals surface area contributed by atoms with E-state index in [1.807, 2.05) is 6.92 Å². The Bertz CT molecular complexity index is 201. The van der Waals surface area contributed by atoms with Crippen LogP contribution in [-0.4, -0.2) is 25.0 Å². The molecule has 0 bridgehead atoms. The summed E-state index contributed by atoms with van der Waals surface area (Å²) < 4.78 is 0. The average molecular weight is 182 g/mol. The zero-order valence-electron chi connectivity index (χ0n) is 8.34. The van der Waals surface area contributed by atoms with Gasteiger partial charge in [0.2, 0.25) is 5.91 Å². The topological polar surface area (TPSA) is 41.1 Å². The van der Waals surface area contributed by atoms with Crippen molar-refractivity contribution in [3.8, 4) is 0 Å². The van der Waals surface area contributed by atoms with Gasteiger partial charge in [-0.25, -0.2) is 0 Å². The number of likely N-dealkylation sites (N-methyl/N-ethyl adjacent to an activating group) is 1. The Labute approximate surface area is 79.6 Å². The molecule has 0 aromatic rings. The maximum absolute atomic E-state index is 11.2. The van der Waals surface area contributed by atoms with Crippen molar-refractivity contribution in [2.75, 3.05) is 7.05 Å². The van der Waals surface area contributed by atoms with Gasteiger partial charge in [0.25, 0.3) is 0 Å². The van der Waals surface area contributed by atoms with Crippen LogP contribution in [0.4, 0.5) is 0 Å². The summed E-state index contributed by atoms with van der Waals surface area (Å²) in [6, 6.07) is 0.388. The smallest absolute Gasteiger partial charge is 0.236 e. The SMILES string of the molecule is CNC(=O)C(C)NC1CC=CCC1. The molecule has 13 heavy (non-hydrogen) atoms. The van der Waals surface area contributed by atoms with E-state index >= 15 is 0 Å². The van der Waals surface area contributed by atoms with Crippen LogP contribution in [0.2, 0.25) is 0 Å². The zero-order valence-corrected chi connectivity index (χ0v) is 8.34. The fourth-order valence-corrected chi connectivity index (χ4v) is 1.59. The highest BCUT2D eigenvalue weighted by atomic mass is 16.2. The quantitative estimate of drug-likeness (QED) is 0.634. The van der Waals surface area contributed by atoms with Crippen LogP contribution in [0.3, 0.4) is 0 Å². The fourth-order valence-electron chi connectivity index (χ4n) is 1.59. The normalized spacial score (nSPS) is 24.0. The van der Waals surface area contributed by atoms with E-state index in [1.54, 1.807) is 7.05 Å². The summed E-state index contributed by atoms with van der Waals surface area (Å²) in [6.45, 7) is 1.90. The van der Waals surface area contributed by atoms with Crippen molar-refractivity contribution < 1.29 is 4.79 Å². The van der Waals surface area contributed by atoms with E-state index in [-0.39, 0.29) is 11.9 Å². The maximum atomic E-state index is 11.2. The molecule has 0 fully saturated rings. The van der Waals surface area contributed by atoms with Gasteiger partial charge in [0, 0.05) is 13.1 Å². The van der Waals surface area contributed by atoms with E-state index in [9.17, 15) is 4.79 Å². The van der Waals surface area contributed by atoms with Crippen LogP contribution in [0, 0.1) is 0 Å². The summed E-state index contributed by atoms with van der Waals surface area (Å²) in [4.78, 5) is 11.2. The number of nitrogens with one attached hydrogen (secondary N) is 2. The Kier molecular flexibility index (Phi) is 3.96. The summed E-state index contributed by atoms with van der Waals surface area (Å²) >= 11 is 0. The van der Waals surface area contributed by atoms with Crippen LogP contribution in [-0.2, 0) is 4.79 Å². The van der Waals surface area contributed by atoms with E-state index in [0.29, 0.717) is 6.04 Å². The Hall–Kier alpha value is -0.830. The lowest BCUT2D eigenvalue weighted by molar-refractivity contribution is -0.122. The third kappa shape index (κ3) is 3.19. The molecule has 1 amide bonds. The summed E-state index contributed by atoms with van der Waals surface area (Å²) in [5.41, 5.74) is 0. The molecule has 0 saturated carbocycles. The van der Waals surface area contributed by atoms with Gasteiger partial charge in [-0.15, -0.1) is 0 Å². The molecule has 1 aliphatic carbocycles. The van der Waals surface area contributed by atoms with E-state index in [4.69, 9.17) is 0 Å². The predicted octanol–water partition coefficient (Wildman–Crippen LogP) is 0.819. The summed E-state index contributed by atoms with van der Waals surface area (Å²) in [5, 5.41) is 5.94. The van der Waals surface area contributed by atoms with Crippen LogP contribution in [0.15, 0.2) is 12.2 Å². The number of carbonyl (C=O) groups is 1. The molecular weight excluding hydrogens is 164 g/mol. The third-order valence-electron chi connectivity index (χ3n) is 2.39. The van der Waals surface area contributed by atoms with Crippen molar-refractivity contribution in [3.63, 3.8) is 0 Å². The predicted molar refractivity (Wildman–Crippen MR) is 53.4 cm³/mol. The highest BCUT2D eigenvalue weighted by Gasteiger charge is 2.16. The van der Waals surface area contributed by atoms with Gasteiger partial charge < -0.3 is 10.6 Å². The number of carbonyl (C=O) groups excluding carboxylic acids is 1. The molecule has 2 unspecified atom stereocenters. The molecule has 1 rings (SSSR count). The molecule has 2 atom stereocenters. The monoisotopic (exact) mass is 182 g/mol. The standard InChI is InChI=1S/C10H18N2O/c1-8(10(13)11-2)12-9-6-4-3-5-7-9/h3-4,8-9,12H,5-7H2,1-2H3,(H,11,13). The van der Waals surface area contributed by atoms with Gasteiger partial charge in [0.1, 0.15) is 0 Å². The lowest BCUT2D eigenvalue weighted by atomic mass is 10.0. The number of rotatable bonds is 3. The zero-order chi connectivity index (χ0) is 9.68. The molecule has 0 saturated heterocycles. The third-order valence-corrected chi connectivity index (χ3v) is 2.39. The first-order chi connectivity index (χ1) is 6.24. The van der Waals surface area contributed by atoms with Gasteiger partial charge in [-0.3, -0.25) is 4.79 Å². The Morgan fingerprint density at radius 3 is 2.85 bits per heavy atom. The largest absolute Gasteiger partial charge is 0.358 e. The summed E-state index contributed by atoms with van der Waals surface area (Å²) in [6.07, 6.45) is 7.68. The average Bonchev–Trinajstić information content (AvgIpc) is 2.18. The van der Waals surface area contributed by atoms with Crippen LogP contribution in [0.1, 0.15) is 26.2 Å². The van der Waals surface area contributed by atoms with Crippen molar-refractivity contribution in [1.82, 2.24) is 10.6 Å². The molecule has 0 radical (unpaired) electrons. The second kappa shape index (κ2) is 5.02. The van der Waals surface area contributed by atoms with Gasteiger partial charge in [-0.2, -0.15) is 0 Å². The molecule has 0 spiro atoms. The minimum atomic E-state index is -0.0819. The number of hydrogen-bond acceptors (Lipinski definition) is 2. The second-order valence-corrected chi connectivity index (χ2v) is 3.48. The Morgan fingerprint density at radius 2 is 2.31 bits per heavy atom. The van der Waals surface area contributed by atoms with Crippen LogP contribution in [0.25, 0.3) is 0 Å². The van der Waals surface area contributed by atoms with Crippen LogP contribution in [0.5, 0.6) is 0 Å². The van der Waals surface area contributed by atoms with Gasteiger partial charge in [-0.05, 0) is 26.2 Å². The molecule has 0 heterocycles. The molecule has 74 valence electrons. The number of hydrogen-bond donors (Lipinski definition) is 2. The first kappa shape index (κ1) is 10.3. The molecule has 3 heteroatoms. The molecule has 3 nitrogen and oxygen atoms in total. The highest BCUT2D eigenvalue weighted by molar-refractivity contribution is 5.80. The molecule has 1 aliphatic rings. The second-order valence-electron chi connectivity index (χ2n) is 3.48. The minimum absolute atomic E-state index is 0.0644. The van der Waals surface area contributed by atoms with Crippen LogP contribution < -0.4 is 10.6 Å². The van der Waals surface area contributed by atoms with Crippen molar-refractivity contribution in [1.29, 1.82) is 0 Å². The van der Waals surface area contributed by atoms with E-state index in [2.05, 4.69) is 22.8 Å². The first-order valence-corrected chi connectivity index (χ1v) is 4.86. The maximum Gasteiger partial charge on any atom is 0.236 e. The van der Waals surface area contributed by atoms with Gasteiger partial charge in [0.05, 0.1) is 6.04 Å². The van der Waals surface area contributed by atoms with Crippen molar-refractivity contribution >= 4 is 5.91 Å². The Morgan fingerprint density at radius 1 is 1.54 bits per heavy atom. The lowest BCUT2D eigenvalue weighted by Gasteiger charge is -2.23. The molecular formula is C10H18N2O. The van der Waals surface area contributed by atoms with E-state index < -0.39 is 0 Å². The summed E-state index contributed by atoms with van der Waals surface area (Å²) in [5.74, 6) is 0.0644. The van der Waals surface area contributed by atoms with Crippen LogP contribution >= 0.6 is 0 Å². The van der Waals surface area contributed by atoms with Gasteiger partial charge in [0.15, 0.2) is 0 Å². The van der Waals surface area contributed by atoms with Gasteiger partial charge >= 0.3 is 0 Å². The lowest BCUT2D eigenvalue weighted by Crippen LogP contribution is -2.45. The minimum Gasteiger partial charge on any atom is -0.358 e. The van der Waals surface area contributed by atoms with E-state index in [0.717, 1.165) is 19.3 Å². The summed E-state index contributed by atoms with van der Waals surface area (Å²) in [7, 11) is 1.67. The number of amides is 1. The van der Waals surface area contributed by atoms with E-state index in [1.165, 1.54) is 0 Å². The van der Waals surface area contributed by atoms with Crippen molar-refractivity contribution in [2.45, 2.75) is 38.3 Å². The van der Waals surface area contributed by atoms with Crippen molar-refractivity contribution in [3.05, 3.63) is 12.2 Å². The number of allylic oxidation sites excluding steroid dienone is 1. The fraction of sp³-hybridized carbons (Fsp3) is 0.700. The first-order valence-electron chi connectivity index (χ1n) is 4.86. The molecule has 0 aromatic carbocycles. The molecule has 2 N–H and O–H groups in total. The Balaban J connectivity index is 2.30. The highest BCUT2D eigenvalue weighted by Crippen LogP contribution is 2.10. The molecule has 0 aliphatic heterocycles.